The van der Waals surface area contributed by atoms with Gasteiger partial charge < -0.3 is 9.80 Å². The fourth-order valence-corrected chi connectivity index (χ4v) is 2.85. The third-order valence-electron chi connectivity index (χ3n) is 4.34. The number of hydrogen-bond donors (Lipinski definition) is 0. The van der Waals surface area contributed by atoms with Crippen molar-refractivity contribution in [3.05, 3.63) is 54.2 Å². The van der Waals surface area contributed by atoms with E-state index in [4.69, 9.17) is 0 Å². The quantitative estimate of drug-likeness (QED) is 0.842. The van der Waals surface area contributed by atoms with Gasteiger partial charge in [-0.2, -0.15) is 0 Å². The molecule has 0 unspecified atom stereocenters. The van der Waals surface area contributed by atoms with E-state index < -0.39 is 0 Å². The molecule has 2 aromatic rings. The smallest absolute Gasteiger partial charge is 0.128 e. The normalized spacial score (nSPS) is 16.0. The van der Waals surface area contributed by atoms with Crippen molar-refractivity contribution >= 4 is 11.5 Å². The van der Waals surface area contributed by atoms with Gasteiger partial charge in [-0.1, -0.05) is 45.0 Å². The van der Waals surface area contributed by atoms with E-state index in [9.17, 15) is 0 Å². The summed E-state index contributed by atoms with van der Waals surface area (Å²) < 4.78 is 0. The highest BCUT2D eigenvalue weighted by molar-refractivity contribution is 5.49. The van der Waals surface area contributed by atoms with Gasteiger partial charge in [-0.15, -0.1) is 0 Å². The predicted molar refractivity (Wildman–Crippen MR) is 93.8 cm³/mol. The average molecular weight is 295 g/mol. The molecular weight excluding hydrogens is 270 g/mol. The van der Waals surface area contributed by atoms with Gasteiger partial charge in [-0.25, -0.2) is 4.98 Å². The molecule has 1 saturated heterocycles. The van der Waals surface area contributed by atoms with Crippen LogP contribution in [0.25, 0.3) is 0 Å². The van der Waals surface area contributed by atoms with Crippen LogP contribution in [0.5, 0.6) is 0 Å². The third kappa shape index (κ3) is 3.24. The highest BCUT2D eigenvalue weighted by atomic mass is 15.3. The van der Waals surface area contributed by atoms with Crippen LogP contribution < -0.4 is 9.80 Å². The van der Waals surface area contributed by atoms with Crippen molar-refractivity contribution in [1.82, 2.24) is 4.98 Å². The number of rotatable bonds is 2. The minimum Gasteiger partial charge on any atom is -0.368 e. The van der Waals surface area contributed by atoms with E-state index in [2.05, 4.69) is 78.0 Å². The molecule has 0 saturated carbocycles. The number of hydrogen-bond acceptors (Lipinski definition) is 3. The van der Waals surface area contributed by atoms with Crippen molar-refractivity contribution in [3.8, 4) is 0 Å². The molecule has 0 amide bonds. The zero-order valence-corrected chi connectivity index (χ0v) is 13.8. The second-order valence-electron chi connectivity index (χ2n) is 6.96. The summed E-state index contributed by atoms with van der Waals surface area (Å²) in [6.45, 7) is 10.8. The van der Waals surface area contributed by atoms with E-state index in [0.29, 0.717) is 0 Å². The topological polar surface area (TPSA) is 19.4 Å². The van der Waals surface area contributed by atoms with Crippen molar-refractivity contribution in [2.45, 2.75) is 26.2 Å². The van der Waals surface area contributed by atoms with Crippen LogP contribution in [0.3, 0.4) is 0 Å². The second-order valence-corrected chi connectivity index (χ2v) is 6.96. The lowest BCUT2D eigenvalue weighted by Gasteiger charge is -2.36. The zero-order chi connectivity index (χ0) is 15.6. The summed E-state index contributed by atoms with van der Waals surface area (Å²) in [6, 6.07) is 15.0. The molecule has 3 nitrogen and oxygen atoms in total. The molecule has 2 heterocycles. The maximum absolute atomic E-state index is 4.67. The van der Waals surface area contributed by atoms with Gasteiger partial charge in [0.05, 0.1) is 0 Å². The lowest BCUT2D eigenvalue weighted by molar-refractivity contribution is 0.586. The van der Waals surface area contributed by atoms with Crippen LogP contribution in [0.2, 0.25) is 0 Å². The van der Waals surface area contributed by atoms with E-state index in [1.54, 1.807) is 0 Å². The number of pyridine rings is 1. The van der Waals surface area contributed by atoms with Crippen LogP contribution in [-0.4, -0.2) is 31.2 Å². The first-order chi connectivity index (χ1) is 10.5. The molecule has 0 atom stereocenters. The first-order valence-corrected chi connectivity index (χ1v) is 8.05. The highest BCUT2D eigenvalue weighted by Gasteiger charge is 2.19. The molecule has 3 rings (SSSR count). The fourth-order valence-electron chi connectivity index (χ4n) is 2.85. The van der Waals surface area contributed by atoms with Crippen molar-refractivity contribution in [3.63, 3.8) is 0 Å². The Morgan fingerprint density at radius 2 is 1.45 bits per heavy atom. The molecule has 22 heavy (non-hydrogen) atoms. The Kier molecular flexibility index (Phi) is 4.06. The van der Waals surface area contributed by atoms with Crippen LogP contribution in [0.4, 0.5) is 11.5 Å². The zero-order valence-electron chi connectivity index (χ0n) is 13.8. The Bertz CT molecular complexity index is 591. The van der Waals surface area contributed by atoms with Gasteiger partial charge in [0.15, 0.2) is 0 Å². The summed E-state index contributed by atoms with van der Waals surface area (Å²) >= 11 is 0. The lowest BCUT2D eigenvalue weighted by atomic mass is 9.88. The second kappa shape index (κ2) is 5.99. The Morgan fingerprint density at radius 1 is 0.818 bits per heavy atom. The van der Waals surface area contributed by atoms with E-state index in [-0.39, 0.29) is 5.41 Å². The minimum absolute atomic E-state index is 0.164. The van der Waals surface area contributed by atoms with Gasteiger partial charge in [-0.3, -0.25) is 0 Å². The molecule has 0 spiro atoms. The van der Waals surface area contributed by atoms with Crippen molar-refractivity contribution < 1.29 is 0 Å². The summed E-state index contributed by atoms with van der Waals surface area (Å²) in [5.41, 5.74) is 2.77. The largest absolute Gasteiger partial charge is 0.368 e. The van der Waals surface area contributed by atoms with Gasteiger partial charge >= 0.3 is 0 Å². The summed E-state index contributed by atoms with van der Waals surface area (Å²) in [5.74, 6) is 1.10. The van der Waals surface area contributed by atoms with Crippen LogP contribution >= 0.6 is 0 Å². The summed E-state index contributed by atoms with van der Waals surface area (Å²) in [6.07, 6.45) is 2.03. The summed E-state index contributed by atoms with van der Waals surface area (Å²) in [5, 5.41) is 0. The molecule has 1 aromatic heterocycles. The van der Waals surface area contributed by atoms with Crippen molar-refractivity contribution in [1.29, 1.82) is 0 Å². The maximum atomic E-state index is 4.67. The molecule has 1 fully saturated rings. The Balaban J connectivity index is 1.64. The maximum Gasteiger partial charge on any atom is 0.128 e. The molecule has 1 aliphatic heterocycles. The van der Waals surface area contributed by atoms with E-state index in [1.807, 2.05) is 6.20 Å². The van der Waals surface area contributed by atoms with Crippen LogP contribution in [-0.2, 0) is 5.41 Å². The molecule has 3 heteroatoms. The summed E-state index contributed by atoms with van der Waals surface area (Å²) in [4.78, 5) is 9.50. The number of piperazine rings is 1. The fraction of sp³-hybridized carbons (Fsp3) is 0.421. The van der Waals surface area contributed by atoms with E-state index >= 15 is 0 Å². The predicted octanol–water partition coefficient (Wildman–Crippen LogP) is 3.71. The van der Waals surface area contributed by atoms with Gasteiger partial charge in [-0.05, 0) is 29.2 Å². The summed E-state index contributed by atoms with van der Waals surface area (Å²) in [7, 11) is 0. The monoisotopic (exact) mass is 295 g/mol. The number of nitrogens with zero attached hydrogens (tertiary/aromatic N) is 3. The van der Waals surface area contributed by atoms with Gasteiger partial charge in [0, 0.05) is 38.1 Å². The SMILES string of the molecule is CC(C)(C)c1ccc(N2CCN(c3ccccc3)CC2)nc1. The molecule has 0 aliphatic carbocycles. The Hall–Kier alpha value is -2.03. The van der Waals surface area contributed by atoms with Gasteiger partial charge in [0.2, 0.25) is 0 Å². The van der Waals surface area contributed by atoms with E-state index in [1.165, 1.54) is 11.3 Å². The molecular formula is C19H25N3. The Labute approximate surface area is 133 Å². The Morgan fingerprint density at radius 3 is 2.00 bits per heavy atom. The van der Waals surface area contributed by atoms with Crippen LogP contribution in [0.1, 0.15) is 26.3 Å². The van der Waals surface area contributed by atoms with E-state index in [0.717, 1.165) is 32.0 Å². The van der Waals surface area contributed by atoms with Gasteiger partial charge in [0.25, 0.3) is 0 Å². The first-order valence-electron chi connectivity index (χ1n) is 8.05. The number of anilines is 2. The minimum atomic E-state index is 0.164. The van der Waals surface area contributed by atoms with Crippen LogP contribution in [0, 0.1) is 0 Å². The number of para-hydroxylation sites is 1. The molecule has 0 bridgehead atoms. The van der Waals surface area contributed by atoms with Crippen molar-refractivity contribution in [2.75, 3.05) is 36.0 Å². The first kappa shape index (κ1) is 14.9. The molecule has 1 aliphatic rings. The molecule has 1 aromatic carbocycles. The standard InChI is InChI=1S/C19H25N3/c1-19(2,3)16-9-10-18(20-15-16)22-13-11-21(12-14-22)17-7-5-4-6-8-17/h4-10,15H,11-14H2,1-3H3. The molecule has 0 radical (unpaired) electrons. The highest BCUT2D eigenvalue weighted by Crippen LogP contribution is 2.24. The number of benzene rings is 1. The van der Waals surface area contributed by atoms with Crippen LogP contribution in [0.15, 0.2) is 48.7 Å². The average Bonchev–Trinajstić information content (AvgIpc) is 2.55. The molecule has 0 N–H and O–H groups in total. The lowest BCUT2D eigenvalue weighted by Crippen LogP contribution is -2.46. The third-order valence-corrected chi connectivity index (χ3v) is 4.34. The van der Waals surface area contributed by atoms with Gasteiger partial charge in [0.1, 0.15) is 5.82 Å². The number of aromatic nitrogens is 1. The van der Waals surface area contributed by atoms with Crippen molar-refractivity contribution in [2.24, 2.45) is 0 Å². The molecule has 116 valence electrons.